The molecule has 1 heterocycles. The average molecular weight is 298 g/mol. The number of rotatable bonds is 3. The van der Waals surface area contributed by atoms with E-state index in [-0.39, 0.29) is 10.2 Å². The number of aromatic nitrogens is 2. The largest absolute Gasteiger partial charge is 0.340 e. The smallest absolute Gasteiger partial charge is 0.224 e. The van der Waals surface area contributed by atoms with Crippen LogP contribution in [0.2, 0.25) is 5.28 Å². The normalized spacial score (nSPS) is 11.3. The molecule has 0 saturated heterocycles. The molecule has 100 valence electrons. The van der Waals surface area contributed by atoms with Crippen LogP contribution in [-0.2, 0) is 9.84 Å². The topological polar surface area (TPSA) is 72.0 Å². The van der Waals surface area contributed by atoms with Crippen molar-refractivity contribution in [3.05, 3.63) is 41.3 Å². The number of anilines is 2. The highest BCUT2D eigenvalue weighted by atomic mass is 35.5. The first-order valence-corrected chi connectivity index (χ1v) is 7.70. The molecular weight excluding hydrogens is 286 g/mol. The van der Waals surface area contributed by atoms with Gasteiger partial charge in [-0.05, 0) is 42.8 Å². The highest BCUT2D eigenvalue weighted by Crippen LogP contribution is 2.19. The van der Waals surface area contributed by atoms with Crippen molar-refractivity contribution in [3.8, 4) is 0 Å². The van der Waals surface area contributed by atoms with Crippen molar-refractivity contribution in [2.75, 3.05) is 11.6 Å². The maximum absolute atomic E-state index is 11.3. The molecule has 0 spiro atoms. The Morgan fingerprint density at radius 1 is 1.16 bits per heavy atom. The van der Waals surface area contributed by atoms with Gasteiger partial charge in [0.1, 0.15) is 5.82 Å². The molecule has 0 bridgehead atoms. The molecule has 0 atom stereocenters. The number of aryl methyl sites for hydroxylation is 1. The van der Waals surface area contributed by atoms with Gasteiger partial charge in [-0.15, -0.1) is 0 Å². The third-order valence-corrected chi connectivity index (χ3v) is 3.68. The average Bonchev–Trinajstić information content (AvgIpc) is 2.26. The maximum atomic E-state index is 11.3. The van der Waals surface area contributed by atoms with Crippen molar-refractivity contribution >= 4 is 32.9 Å². The van der Waals surface area contributed by atoms with Crippen LogP contribution < -0.4 is 5.32 Å². The minimum Gasteiger partial charge on any atom is -0.340 e. The summed E-state index contributed by atoms with van der Waals surface area (Å²) in [6.45, 7) is 1.81. The Balaban J connectivity index is 2.24. The van der Waals surface area contributed by atoms with Crippen molar-refractivity contribution in [3.63, 3.8) is 0 Å². The Labute approximate surface area is 116 Å². The highest BCUT2D eigenvalue weighted by Gasteiger charge is 2.06. The van der Waals surface area contributed by atoms with Crippen molar-refractivity contribution in [2.45, 2.75) is 11.8 Å². The first kappa shape index (κ1) is 13.8. The molecule has 0 saturated carbocycles. The molecule has 2 rings (SSSR count). The first-order valence-electron chi connectivity index (χ1n) is 5.43. The molecule has 0 aliphatic rings. The summed E-state index contributed by atoms with van der Waals surface area (Å²) in [6.07, 6.45) is 1.17. The maximum Gasteiger partial charge on any atom is 0.224 e. The number of hydrogen-bond acceptors (Lipinski definition) is 5. The summed E-state index contributed by atoms with van der Waals surface area (Å²) >= 11 is 5.76. The van der Waals surface area contributed by atoms with Crippen LogP contribution in [0.25, 0.3) is 0 Å². The Bertz CT molecular complexity index is 679. The fourth-order valence-electron chi connectivity index (χ4n) is 1.53. The van der Waals surface area contributed by atoms with Crippen LogP contribution in [0.3, 0.4) is 0 Å². The molecular formula is C12H12ClN3O2S. The summed E-state index contributed by atoms with van der Waals surface area (Å²) in [7, 11) is -3.18. The highest BCUT2D eigenvalue weighted by molar-refractivity contribution is 7.90. The lowest BCUT2D eigenvalue weighted by molar-refractivity contribution is 0.602. The van der Waals surface area contributed by atoms with Crippen LogP contribution in [0, 0.1) is 6.92 Å². The van der Waals surface area contributed by atoms with E-state index in [0.29, 0.717) is 5.82 Å². The molecule has 1 N–H and O–H groups in total. The van der Waals surface area contributed by atoms with Gasteiger partial charge in [0.25, 0.3) is 0 Å². The zero-order valence-corrected chi connectivity index (χ0v) is 12.0. The molecule has 5 nitrogen and oxygen atoms in total. The number of nitrogens with one attached hydrogen (secondary N) is 1. The van der Waals surface area contributed by atoms with Crippen molar-refractivity contribution in [1.82, 2.24) is 9.97 Å². The second-order valence-corrected chi connectivity index (χ2v) is 6.44. The lowest BCUT2D eigenvalue weighted by Crippen LogP contribution is -1.99. The molecule has 0 aliphatic carbocycles. The number of benzene rings is 1. The van der Waals surface area contributed by atoms with E-state index in [0.717, 1.165) is 11.4 Å². The van der Waals surface area contributed by atoms with E-state index in [1.54, 1.807) is 18.2 Å². The summed E-state index contributed by atoms with van der Waals surface area (Å²) in [5.74, 6) is 0.560. The zero-order chi connectivity index (χ0) is 14.0. The Kier molecular flexibility index (Phi) is 3.73. The predicted octanol–water partition coefficient (Wildman–Crippen LogP) is 2.59. The van der Waals surface area contributed by atoms with E-state index in [4.69, 9.17) is 11.6 Å². The number of hydrogen-bond donors (Lipinski definition) is 1. The van der Waals surface area contributed by atoms with Gasteiger partial charge in [-0.25, -0.2) is 18.4 Å². The van der Waals surface area contributed by atoms with Gasteiger partial charge in [0.05, 0.1) is 4.90 Å². The van der Waals surface area contributed by atoms with Gasteiger partial charge in [-0.3, -0.25) is 0 Å². The minimum atomic E-state index is -3.18. The summed E-state index contributed by atoms with van der Waals surface area (Å²) in [5, 5.41) is 3.20. The van der Waals surface area contributed by atoms with E-state index < -0.39 is 9.84 Å². The van der Waals surface area contributed by atoms with Crippen LogP contribution >= 0.6 is 11.6 Å². The van der Waals surface area contributed by atoms with Gasteiger partial charge in [0.15, 0.2) is 9.84 Å². The molecule has 7 heteroatoms. The second kappa shape index (κ2) is 5.14. The zero-order valence-electron chi connectivity index (χ0n) is 10.4. The molecule has 19 heavy (non-hydrogen) atoms. The van der Waals surface area contributed by atoms with Gasteiger partial charge in [0.2, 0.25) is 5.28 Å². The van der Waals surface area contributed by atoms with E-state index in [2.05, 4.69) is 15.3 Å². The first-order chi connectivity index (χ1) is 8.84. The minimum absolute atomic E-state index is 0.162. The second-order valence-electron chi connectivity index (χ2n) is 4.09. The van der Waals surface area contributed by atoms with E-state index in [1.165, 1.54) is 18.4 Å². The predicted molar refractivity (Wildman–Crippen MR) is 74.6 cm³/mol. The van der Waals surface area contributed by atoms with Crippen molar-refractivity contribution in [1.29, 1.82) is 0 Å². The van der Waals surface area contributed by atoms with Gasteiger partial charge >= 0.3 is 0 Å². The lowest BCUT2D eigenvalue weighted by atomic mass is 10.3. The Hall–Kier alpha value is -1.66. The van der Waals surface area contributed by atoms with Gasteiger partial charge < -0.3 is 5.32 Å². The molecule has 0 unspecified atom stereocenters. The number of sulfone groups is 1. The van der Waals surface area contributed by atoms with Crippen LogP contribution in [0.5, 0.6) is 0 Å². The van der Waals surface area contributed by atoms with Crippen molar-refractivity contribution in [2.24, 2.45) is 0 Å². The SMILES string of the molecule is Cc1cc(Nc2ccc(S(C)(=O)=O)cc2)nc(Cl)n1. The fraction of sp³-hybridized carbons (Fsp3) is 0.167. The molecule has 0 fully saturated rings. The molecule has 1 aromatic heterocycles. The number of nitrogens with zero attached hydrogens (tertiary/aromatic N) is 2. The summed E-state index contributed by atoms with van der Waals surface area (Å²) in [5.41, 5.74) is 1.47. The van der Waals surface area contributed by atoms with Gasteiger partial charge in [0, 0.05) is 23.7 Å². The Morgan fingerprint density at radius 3 is 2.32 bits per heavy atom. The van der Waals surface area contributed by atoms with Crippen molar-refractivity contribution < 1.29 is 8.42 Å². The van der Waals surface area contributed by atoms with Crippen LogP contribution in [0.4, 0.5) is 11.5 Å². The summed E-state index contributed by atoms with van der Waals surface area (Å²) < 4.78 is 22.7. The molecule has 0 aliphatic heterocycles. The standard InChI is InChI=1S/C12H12ClN3O2S/c1-8-7-11(16-12(13)14-8)15-9-3-5-10(6-4-9)19(2,17)18/h3-7H,1-2H3,(H,14,15,16). The lowest BCUT2D eigenvalue weighted by Gasteiger charge is -2.07. The van der Waals surface area contributed by atoms with Gasteiger partial charge in [-0.1, -0.05) is 0 Å². The van der Waals surface area contributed by atoms with Crippen LogP contribution in [0.1, 0.15) is 5.69 Å². The van der Waals surface area contributed by atoms with Gasteiger partial charge in [-0.2, -0.15) is 0 Å². The molecule has 1 aromatic carbocycles. The Morgan fingerprint density at radius 2 is 1.79 bits per heavy atom. The third-order valence-electron chi connectivity index (χ3n) is 2.38. The molecule has 0 amide bonds. The summed E-state index contributed by atoms with van der Waals surface area (Å²) in [4.78, 5) is 8.26. The molecule has 0 radical (unpaired) electrons. The van der Waals surface area contributed by atoms with E-state index in [1.807, 2.05) is 6.92 Å². The number of halogens is 1. The quantitative estimate of drug-likeness (QED) is 0.882. The molecule has 2 aromatic rings. The third kappa shape index (κ3) is 3.65. The van der Waals surface area contributed by atoms with E-state index >= 15 is 0 Å². The monoisotopic (exact) mass is 297 g/mol. The van der Waals surface area contributed by atoms with Crippen LogP contribution in [0.15, 0.2) is 35.2 Å². The van der Waals surface area contributed by atoms with Crippen LogP contribution in [-0.4, -0.2) is 24.6 Å². The fourth-order valence-corrected chi connectivity index (χ4v) is 2.38. The van der Waals surface area contributed by atoms with E-state index in [9.17, 15) is 8.42 Å². The summed E-state index contributed by atoms with van der Waals surface area (Å²) in [6, 6.07) is 8.15.